The van der Waals surface area contributed by atoms with Crippen LogP contribution in [0.25, 0.3) is 0 Å². The minimum Gasteiger partial charge on any atom is -0.299 e. The van der Waals surface area contributed by atoms with Gasteiger partial charge in [0.25, 0.3) is 0 Å². The number of hydrogen-bond donors (Lipinski definition) is 0. The second-order valence-corrected chi connectivity index (χ2v) is 4.53. The molecule has 1 aromatic carbocycles. The first-order valence-electron chi connectivity index (χ1n) is 7.22. The Bertz CT molecular complexity index is 349. The molecule has 0 unspecified atom stereocenters. The lowest BCUT2D eigenvalue weighted by molar-refractivity contribution is 0.241. The van der Waals surface area contributed by atoms with Gasteiger partial charge < -0.3 is 0 Å². The Labute approximate surface area is 111 Å². The molecule has 102 valence electrons. The van der Waals surface area contributed by atoms with Crippen LogP contribution in [0, 0.1) is 0 Å². The summed E-state index contributed by atoms with van der Waals surface area (Å²) in [4.78, 5) is 2.36. The summed E-state index contributed by atoms with van der Waals surface area (Å²) in [6, 6.07) is 6.81. The monoisotopic (exact) mass is 251 g/mol. The van der Waals surface area contributed by atoms with Gasteiger partial charge in [0.05, 0.1) is 6.67 Å². The van der Waals surface area contributed by atoms with Crippen LogP contribution in [-0.2, 0) is 19.4 Å². The Morgan fingerprint density at radius 2 is 2.00 bits per heavy atom. The van der Waals surface area contributed by atoms with Gasteiger partial charge in [0.2, 0.25) is 0 Å². The van der Waals surface area contributed by atoms with Crippen molar-refractivity contribution >= 4 is 0 Å². The van der Waals surface area contributed by atoms with E-state index in [1.165, 1.54) is 16.7 Å². The van der Waals surface area contributed by atoms with Crippen molar-refractivity contribution in [1.29, 1.82) is 0 Å². The number of aryl methyl sites for hydroxylation is 1. The zero-order valence-corrected chi connectivity index (χ0v) is 12.0. The van der Waals surface area contributed by atoms with E-state index in [4.69, 9.17) is 0 Å². The topological polar surface area (TPSA) is 3.24 Å². The molecule has 2 rings (SSSR count). The lowest BCUT2D eigenvalue weighted by Gasteiger charge is -2.28. The van der Waals surface area contributed by atoms with E-state index in [0.717, 1.165) is 32.5 Å². The predicted molar refractivity (Wildman–Crippen MR) is 76.7 cm³/mol. The molecule has 0 atom stereocenters. The molecule has 0 spiro atoms. The van der Waals surface area contributed by atoms with Gasteiger partial charge in [-0.3, -0.25) is 9.29 Å². The van der Waals surface area contributed by atoms with Gasteiger partial charge in [0.1, 0.15) is 0 Å². The number of hydrogen-bond acceptors (Lipinski definition) is 1. The highest BCUT2D eigenvalue weighted by Crippen LogP contribution is 2.20. The number of benzene rings is 1. The standard InChI is InChI=1S/C14H20FN.C2H6/c1-2-12-4-5-13-6-9-16(8-3-7-15)11-14(13)10-12;1-2/h4-5,10H,2-3,6-9,11H2,1H3;1-2H3. The molecule has 0 radical (unpaired) electrons. The Hall–Kier alpha value is -0.890. The minimum absolute atomic E-state index is 0.196. The van der Waals surface area contributed by atoms with Crippen molar-refractivity contribution in [2.24, 2.45) is 0 Å². The van der Waals surface area contributed by atoms with Crippen LogP contribution in [0.15, 0.2) is 18.2 Å². The van der Waals surface area contributed by atoms with Gasteiger partial charge >= 0.3 is 0 Å². The molecule has 18 heavy (non-hydrogen) atoms. The molecule has 0 N–H and O–H groups in total. The maximum Gasteiger partial charge on any atom is 0.0906 e. The molecule has 1 heterocycles. The van der Waals surface area contributed by atoms with Crippen LogP contribution < -0.4 is 0 Å². The Morgan fingerprint density at radius 1 is 1.22 bits per heavy atom. The Morgan fingerprint density at radius 3 is 2.67 bits per heavy atom. The van der Waals surface area contributed by atoms with Crippen LogP contribution in [0.1, 0.15) is 43.9 Å². The van der Waals surface area contributed by atoms with Gasteiger partial charge in [-0.1, -0.05) is 39.0 Å². The van der Waals surface area contributed by atoms with Crippen molar-refractivity contribution in [2.75, 3.05) is 19.8 Å². The summed E-state index contributed by atoms with van der Waals surface area (Å²) in [5.74, 6) is 0. The molecular weight excluding hydrogens is 225 g/mol. The van der Waals surface area contributed by atoms with Crippen LogP contribution in [0.2, 0.25) is 0 Å². The fourth-order valence-electron chi connectivity index (χ4n) is 2.36. The molecular formula is C16H26FN. The summed E-state index contributed by atoms with van der Waals surface area (Å²) in [6.07, 6.45) is 2.88. The third-order valence-corrected chi connectivity index (χ3v) is 3.38. The fraction of sp³-hybridized carbons (Fsp3) is 0.625. The zero-order chi connectivity index (χ0) is 13.4. The first kappa shape index (κ1) is 15.2. The zero-order valence-electron chi connectivity index (χ0n) is 12.0. The van der Waals surface area contributed by atoms with Crippen LogP contribution in [0.5, 0.6) is 0 Å². The Balaban J connectivity index is 0.000000771. The lowest BCUT2D eigenvalue weighted by Crippen LogP contribution is -2.31. The van der Waals surface area contributed by atoms with Crippen molar-refractivity contribution in [3.63, 3.8) is 0 Å². The van der Waals surface area contributed by atoms with Crippen LogP contribution in [0.4, 0.5) is 4.39 Å². The number of alkyl halides is 1. The average molecular weight is 251 g/mol. The van der Waals surface area contributed by atoms with Gasteiger partial charge in [-0.25, -0.2) is 0 Å². The summed E-state index contributed by atoms with van der Waals surface area (Å²) in [5, 5.41) is 0. The average Bonchev–Trinajstić information content (AvgIpc) is 2.46. The third kappa shape index (κ3) is 4.09. The van der Waals surface area contributed by atoms with Gasteiger partial charge in [-0.2, -0.15) is 0 Å². The van der Waals surface area contributed by atoms with Gasteiger partial charge in [0, 0.05) is 19.6 Å². The SMILES string of the molecule is CC.CCc1ccc2c(c1)CN(CCCF)CC2. The highest BCUT2D eigenvalue weighted by molar-refractivity contribution is 5.33. The first-order chi connectivity index (χ1) is 8.83. The van der Waals surface area contributed by atoms with Gasteiger partial charge in [-0.05, 0) is 36.0 Å². The summed E-state index contributed by atoms with van der Waals surface area (Å²) < 4.78 is 12.1. The highest BCUT2D eigenvalue weighted by Gasteiger charge is 2.15. The van der Waals surface area contributed by atoms with Crippen molar-refractivity contribution < 1.29 is 4.39 Å². The van der Waals surface area contributed by atoms with E-state index < -0.39 is 0 Å². The maximum absolute atomic E-state index is 12.1. The number of nitrogens with zero attached hydrogens (tertiary/aromatic N) is 1. The summed E-state index contributed by atoms with van der Waals surface area (Å²) in [7, 11) is 0. The highest BCUT2D eigenvalue weighted by atomic mass is 19.1. The van der Waals surface area contributed by atoms with Crippen LogP contribution >= 0.6 is 0 Å². The van der Waals surface area contributed by atoms with E-state index in [-0.39, 0.29) is 6.67 Å². The predicted octanol–water partition coefficient (Wildman–Crippen LogP) is 3.99. The lowest BCUT2D eigenvalue weighted by atomic mass is 9.96. The van der Waals surface area contributed by atoms with E-state index in [2.05, 4.69) is 30.0 Å². The van der Waals surface area contributed by atoms with Gasteiger partial charge in [0.15, 0.2) is 0 Å². The molecule has 1 aromatic rings. The second kappa shape index (κ2) is 8.25. The molecule has 0 bridgehead atoms. The Kier molecular flexibility index (Phi) is 6.96. The minimum atomic E-state index is -0.196. The van der Waals surface area contributed by atoms with Crippen molar-refractivity contribution in [2.45, 2.75) is 46.6 Å². The number of rotatable bonds is 4. The summed E-state index contributed by atoms with van der Waals surface area (Å²) in [5.41, 5.74) is 4.34. The molecule has 0 saturated carbocycles. The number of halogens is 1. The maximum atomic E-state index is 12.1. The largest absolute Gasteiger partial charge is 0.299 e. The van der Waals surface area contributed by atoms with E-state index in [0.29, 0.717) is 6.42 Å². The number of fused-ring (bicyclic) bond motifs is 1. The third-order valence-electron chi connectivity index (χ3n) is 3.38. The molecule has 0 aliphatic carbocycles. The van der Waals surface area contributed by atoms with E-state index in [9.17, 15) is 4.39 Å². The van der Waals surface area contributed by atoms with Crippen molar-refractivity contribution in [3.8, 4) is 0 Å². The fourth-order valence-corrected chi connectivity index (χ4v) is 2.36. The quantitative estimate of drug-likeness (QED) is 0.782. The molecule has 0 fully saturated rings. The van der Waals surface area contributed by atoms with E-state index in [1.807, 2.05) is 13.8 Å². The molecule has 0 aromatic heterocycles. The molecule has 0 amide bonds. The molecule has 2 heteroatoms. The first-order valence-corrected chi connectivity index (χ1v) is 7.22. The van der Waals surface area contributed by atoms with Gasteiger partial charge in [-0.15, -0.1) is 0 Å². The van der Waals surface area contributed by atoms with Crippen LogP contribution in [0.3, 0.4) is 0 Å². The summed E-state index contributed by atoms with van der Waals surface area (Å²) in [6.45, 7) is 8.97. The normalized spacial score (nSPS) is 14.7. The molecule has 0 saturated heterocycles. The van der Waals surface area contributed by atoms with E-state index in [1.54, 1.807) is 0 Å². The molecule has 1 aliphatic rings. The second-order valence-electron chi connectivity index (χ2n) is 4.53. The van der Waals surface area contributed by atoms with Crippen molar-refractivity contribution in [1.82, 2.24) is 4.90 Å². The van der Waals surface area contributed by atoms with E-state index >= 15 is 0 Å². The summed E-state index contributed by atoms with van der Waals surface area (Å²) >= 11 is 0. The molecule has 1 aliphatic heterocycles. The van der Waals surface area contributed by atoms with Crippen molar-refractivity contribution in [3.05, 3.63) is 34.9 Å². The molecule has 1 nitrogen and oxygen atoms in total. The van der Waals surface area contributed by atoms with Crippen LogP contribution in [-0.4, -0.2) is 24.7 Å². The smallest absolute Gasteiger partial charge is 0.0906 e.